The van der Waals surface area contributed by atoms with Gasteiger partial charge >= 0.3 is 0 Å². The van der Waals surface area contributed by atoms with Crippen LogP contribution in [0.4, 0.5) is 0 Å². The Labute approximate surface area is 134 Å². The molecule has 3 rings (SSSR count). The van der Waals surface area contributed by atoms with E-state index in [0.717, 1.165) is 0 Å². The zero-order chi connectivity index (χ0) is 15.3. The van der Waals surface area contributed by atoms with Gasteiger partial charge in [0.25, 0.3) is 0 Å². The van der Waals surface area contributed by atoms with Crippen LogP contribution in [0.3, 0.4) is 0 Å². The van der Waals surface area contributed by atoms with Gasteiger partial charge < -0.3 is 20.1 Å². The van der Waals surface area contributed by atoms with Crippen LogP contribution >= 0.6 is 34.8 Å². The lowest BCUT2D eigenvalue weighted by Crippen LogP contribution is -2.33. The highest BCUT2D eigenvalue weighted by molar-refractivity contribution is 6.45. The van der Waals surface area contributed by atoms with E-state index in [2.05, 4.69) is 4.98 Å². The topological polar surface area (TPSA) is 87.7 Å². The maximum absolute atomic E-state index is 10.1. The third-order valence-electron chi connectivity index (χ3n) is 3.48. The molecular formula is C12H11Cl3N2O4. The minimum Gasteiger partial charge on any atom is -0.394 e. The molecule has 0 aliphatic carbocycles. The molecule has 114 valence electrons. The maximum Gasteiger partial charge on any atom is 0.206 e. The zero-order valence-electron chi connectivity index (χ0n) is 10.4. The molecule has 6 nitrogen and oxygen atoms in total. The molecule has 0 saturated carbocycles. The third kappa shape index (κ3) is 2.31. The summed E-state index contributed by atoms with van der Waals surface area (Å²) in [6.45, 7) is -0.425. The van der Waals surface area contributed by atoms with E-state index in [1.807, 2.05) is 0 Å². The van der Waals surface area contributed by atoms with Gasteiger partial charge in [-0.25, -0.2) is 4.98 Å². The van der Waals surface area contributed by atoms with Crippen molar-refractivity contribution in [2.24, 2.45) is 0 Å². The van der Waals surface area contributed by atoms with Crippen LogP contribution in [0.5, 0.6) is 0 Å². The van der Waals surface area contributed by atoms with Gasteiger partial charge in [-0.3, -0.25) is 4.57 Å². The second-order valence-corrected chi connectivity index (χ2v) is 5.83. The summed E-state index contributed by atoms with van der Waals surface area (Å²) < 4.78 is 6.86. The molecule has 21 heavy (non-hydrogen) atoms. The lowest BCUT2D eigenvalue weighted by Gasteiger charge is -2.18. The highest BCUT2D eigenvalue weighted by Crippen LogP contribution is 2.38. The van der Waals surface area contributed by atoms with E-state index in [1.54, 1.807) is 12.1 Å². The second-order valence-electron chi connectivity index (χ2n) is 4.71. The van der Waals surface area contributed by atoms with Crippen LogP contribution in [0.25, 0.3) is 11.0 Å². The summed E-state index contributed by atoms with van der Waals surface area (Å²) in [4.78, 5) is 4.11. The van der Waals surface area contributed by atoms with E-state index >= 15 is 0 Å². The van der Waals surface area contributed by atoms with Crippen LogP contribution in [0.2, 0.25) is 15.3 Å². The molecule has 1 aromatic heterocycles. The maximum atomic E-state index is 10.1. The predicted molar refractivity (Wildman–Crippen MR) is 77.8 cm³/mol. The number of hydrogen-bond donors (Lipinski definition) is 3. The van der Waals surface area contributed by atoms with Gasteiger partial charge in [0.05, 0.1) is 22.2 Å². The number of aromatic nitrogens is 2. The Morgan fingerprint density at radius 3 is 2.52 bits per heavy atom. The minimum absolute atomic E-state index is 0.0315. The number of aliphatic hydroxyl groups is 3. The molecule has 0 radical (unpaired) electrons. The molecule has 1 unspecified atom stereocenters. The molecule has 1 aliphatic rings. The number of rotatable bonds is 2. The highest BCUT2D eigenvalue weighted by Gasteiger charge is 2.44. The van der Waals surface area contributed by atoms with Crippen molar-refractivity contribution < 1.29 is 20.1 Å². The summed E-state index contributed by atoms with van der Waals surface area (Å²) in [6, 6.07) is 3.21. The Morgan fingerprint density at radius 1 is 1.19 bits per heavy atom. The molecule has 1 saturated heterocycles. The number of benzene rings is 1. The Morgan fingerprint density at radius 2 is 1.90 bits per heavy atom. The lowest BCUT2D eigenvalue weighted by molar-refractivity contribution is -0.0507. The Balaban J connectivity index is 2.13. The molecule has 2 aromatic rings. The van der Waals surface area contributed by atoms with Crippen molar-refractivity contribution in [1.29, 1.82) is 0 Å². The summed E-state index contributed by atoms with van der Waals surface area (Å²) in [6.07, 6.45) is -4.36. The van der Waals surface area contributed by atoms with Gasteiger partial charge in [-0.1, -0.05) is 23.2 Å². The number of halogens is 3. The number of fused-ring (bicyclic) bond motifs is 1. The fourth-order valence-electron chi connectivity index (χ4n) is 2.41. The molecule has 0 bridgehead atoms. The van der Waals surface area contributed by atoms with Gasteiger partial charge in [-0.15, -0.1) is 0 Å². The van der Waals surface area contributed by atoms with Gasteiger partial charge in [-0.05, 0) is 23.7 Å². The molecule has 1 aromatic carbocycles. The van der Waals surface area contributed by atoms with Gasteiger partial charge in [0, 0.05) is 0 Å². The normalized spacial score (nSPS) is 29.4. The van der Waals surface area contributed by atoms with Crippen LogP contribution < -0.4 is 0 Å². The first kappa shape index (κ1) is 15.3. The molecule has 3 N–H and O–H groups in total. The average molecular weight is 354 g/mol. The van der Waals surface area contributed by atoms with Crippen molar-refractivity contribution in [3.8, 4) is 0 Å². The van der Waals surface area contributed by atoms with Gasteiger partial charge in [0.2, 0.25) is 5.28 Å². The van der Waals surface area contributed by atoms with Crippen LogP contribution in [0.15, 0.2) is 12.1 Å². The first-order chi connectivity index (χ1) is 9.95. The smallest absolute Gasteiger partial charge is 0.206 e. The van der Waals surface area contributed by atoms with Crippen molar-refractivity contribution in [3.05, 3.63) is 27.5 Å². The van der Waals surface area contributed by atoms with Crippen LogP contribution in [-0.2, 0) is 4.74 Å². The van der Waals surface area contributed by atoms with Gasteiger partial charge in [0.1, 0.15) is 23.8 Å². The van der Waals surface area contributed by atoms with Crippen molar-refractivity contribution in [3.63, 3.8) is 0 Å². The molecule has 0 spiro atoms. The molecule has 1 aliphatic heterocycles. The second kappa shape index (κ2) is 5.55. The summed E-state index contributed by atoms with van der Waals surface area (Å²) in [5, 5.41) is 29.7. The number of ether oxygens (including phenoxy) is 1. The zero-order valence-corrected chi connectivity index (χ0v) is 12.7. The molecule has 9 heteroatoms. The van der Waals surface area contributed by atoms with E-state index in [0.29, 0.717) is 16.1 Å². The number of hydrogen-bond acceptors (Lipinski definition) is 5. The first-order valence-corrected chi connectivity index (χ1v) is 7.23. The average Bonchev–Trinajstić information content (AvgIpc) is 2.93. The standard InChI is InChI=1S/C12H11Cl3N2O4/c13-4-1-2-5-8(7(4)14)16-12(15)17(5)11-10(20)9(19)6(3-18)21-11/h1-2,6,9-11,18-20H,3H2/t6-,9-,10-,11?/m1/s1. The lowest BCUT2D eigenvalue weighted by atomic mass is 10.1. The van der Waals surface area contributed by atoms with Crippen molar-refractivity contribution in [2.75, 3.05) is 6.61 Å². The molecular weight excluding hydrogens is 343 g/mol. The minimum atomic E-state index is -1.26. The molecule has 1 fully saturated rings. The Kier molecular flexibility index (Phi) is 4.04. The largest absolute Gasteiger partial charge is 0.394 e. The van der Waals surface area contributed by atoms with E-state index in [-0.39, 0.29) is 10.3 Å². The summed E-state index contributed by atoms with van der Waals surface area (Å²) in [5.41, 5.74) is 0.871. The van der Waals surface area contributed by atoms with Gasteiger partial charge in [-0.2, -0.15) is 0 Å². The molecule has 0 amide bonds. The summed E-state index contributed by atoms with van der Waals surface area (Å²) in [5.74, 6) is 0. The van der Waals surface area contributed by atoms with Crippen LogP contribution in [0, 0.1) is 0 Å². The summed E-state index contributed by atoms with van der Waals surface area (Å²) >= 11 is 18.1. The fraction of sp³-hybridized carbons (Fsp3) is 0.417. The Hall–Kier alpha value is -0.600. The van der Waals surface area contributed by atoms with Crippen LogP contribution in [-0.4, -0.2) is 49.8 Å². The van der Waals surface area contributed by atoms with E-state index in [4.69, 9.17) is 44.6 Å². The van der Waals surface area contributed by atoms with E-state index < -0.39 is 31.1 Å². The van der Waals surface area contributed by atoms with E-state index in [9.17, 15) is 10.2 Å². The number of aliphatic hydroxyl groups excluding tert-OH is 3. The number of nitrogens with zero attached hydrogens (tertiary/aromatic N) is 2. The van der Waals surface area contributed by atoms with E-state index in [1.165, 1.54) is 4.57 Å². The van der Waals surface area contributed by atoms with Gasteiger partial charge in [0.15, 0.2) is 6.23 Å². The van der Waals surface area contributed by atoms with Crippen molar-refractivity contribution >= 4 is 45.8 Å². The summed E-state index contributed by atoms with van der Waals surface area (Å²) in [7, 11) is 0. The molecule has 4 atom stereocenters. The third-order valence-corrected chi connectivity index (χ3v) is 4.54. The number of imidazole rings is 1. The Bertz CT molecular complexity index is 693. The SMILES string of the molecule is OC[C@H]1OC(n2c(Cl)nc3c(Cl)c(Cl)ccc32)[C@H](O)[C@@H]1O. The first-order valence-electron chi connectivity index (χ1n) is 6.09. The van der Waals surface area contributed by atoms with Crippen molar-refractivity contribution in [1.82, 2.24) is 9.55 Å². The highest BCUT2D eigenvalue weighted by atomic mass is 35.5. The predicted octanol–water partition coefficient (Wildman–Crippen LogP) is 1.61. The molecule has 2 heterocycles. The van der Waals surface area contributed by atoms with Crippen molar-refractivity contribution in [2.45, 2.75) is 24.5 Å². The monoisotopic (exact) mass is 352 g/mol. The van der Waals surface area contributed by atoms with Crippen LogP contribution in [0.1, 0.15) is 6.23 Å². The quantitative estimate of drug-likeness (QED) is 0.763. The fourth-order valence-corrected chi connectivity index (χ4v) is 3.04.